The van der Waals surface area contributed by atoms with Gasteiger partial charge in [-0.15, -0.1) is 0 Å². The minimum atomic E-state index is -1.07. The number of unbranched alkanes of at least 4 members (excludes halogenated alkanes) is 2. The largest absolute Gasteiger partial charge is 0.505 e. The maximum Gasteiger partial charge on any atom is 0.328 e. The SMILES string of the molecule is CCCCCc1ccc(Sc2cc(N)c(O)c(C=CC(=O)O)c2)cc1. The summed E-state index contributed by atoms with van der Waals surface area (Å²) < 4.78 is 0. The fourth-order valence-electron chi connectivity index (χ4n) is 2.44. The van der Waals surface area contributed by atoms with Gasteiger partial charge in [0.25, 0.3) is 0 Å². The molecule has 0 aliphatic rings. The standard InChI is InChI=1S/C20H23NO3S/c1-2-3-4-5-14-6-9-16(10-7-14)25-17-12-15(8-11-19(22)23)20(24)18(21)13-17/h6-13,24H,2-5,21H2,1H3,(H,22,23). The van der Waals surface area contributed by atoms with Crippen molar-refractivity contribution in [2.45, 2.75) is 42.4 Å². The maximum absolute atomic E-state index is 10.7. The van der Waals surface area contributed by atoms with Crippen LogP contribution in [0.2, 0.25) is 0 Å². The number of aromatic hydroxyl groups is 1. The van der Waals surface area contributed by atoms with Gasteiger partial charge in [-0.25, -0.2) is 4.79 Å². The number of hydrogen-bond donors (Lipinski definition) is 3. The Morgan fingerprint density at radius 3 is 2.52 bits per heavy atom. The lowest BCUT2D eigenvalue weighted by Gasteiger charge is -2.09. The molecule has 0 saturated heterocycles. The molecule has 4 N–H and O–H groups in total. The van der Waals surface area contributed by atoms with E-state index in [4.69, 9.17) is 10.8 Å². The van der Waals surface area contributed by atoms with Crippen LogP contribution in [0.4, 0.5) is 5.69 Å². The van der Waals surface area contributed by atoms with Gasteiger partial charge in [-0.2, -0.15) is 0 Å². The molecule has 0 amide bonds. The van der Waals surface area contributed by atoms with Crippen molar-refractivity contribution in [3.63, 3.8) is 0 Å². The number of carbonyl (C=O) groups is 1. The summed E-state index contributed by atoms with van der Waals surface area (Å²) in [5.74, 6) is -1.18. The number of aliphatic carboxylic acids is 1. The van der Waals surface area contributed by atoms with Crippen LogP contribution in [-0.4, -0.2) is 16.2 Å². The highest BCUT2D eigenvalue weighted by molar-refractivity contribution is 7.99. The van der Waals surface area contributed by atoms with Gasteiger partial charge in [-0.1, -0.05) is 43.7 Å². The predicted octanol–water partition coefficient (Wildman–Crippen LogP) is 4.96. The van der Waals surface area contributed by atoms with Crippen LogP contribution in [0.5, 0.6) is 5.75 Å². The van der Waals surface area contributed by atoms with Crippen LogP contribution in [0.3, 0.4) is 0 Å². The van der Waals surface area contributed by atoms with E-state index in [1.807, 2.05) is 0 Å². The molecule has 2 aromatic carbocycles. The zero-order valence-corrected chi connectivity index (χ0v) is 15.1. The Kier molecular flexibility index (Phi) is 6.95. The number of benzene rings is 2. The Hall–Kier alpha value is -2.40. The molecule has 0 bridgehead atoms. The smallest absolute Gasteiger partial charge is 0.328 e. The van der Waals surface area contributed by atoms with Crippen molar-refractivity contribution < 1.29 is 15.0 Å². The van der Waals surface area contributed by atoms with E-state index in [0.717, 1.165) is 22.3 Å². The second-order valence-corrected chi connectivity index (χ2v) is 6.97. The molecule has 25 heavy (non-hydrogen) atoms. The first-order valence-electron chi connectivity index (χ1n) is 8.30. The summed E-state index contributed by atoms with van der Waals surface area (Å²) >= 11 is 1.52. The summed E-state index contributed by atoms with van der Waals surface area (Å²) in [6.45, 7) is 2.20. The van der Waals surface area contributed by atoms with Crippen LogP contribution in [-0.2, 0) is 11.2 Å². The topological polar surface area (TPSA) is 83.5 Å². The third-order valence-corrected chi connectivity index (χ3v) is 4.76. The molecule has 2 aromatic rings. The van der Waals surface area contributed by atoms with E-state index in [1.165, 1.54) is 42.7 Å². The number of phenols is 1. The lowest BCUT2D eigenvalue weighted by atomic mass is 10.1. The third-order valence-electron chi connectivity index (χ3n) is 3.78. The number of nitrogens with two attached hydrogens (primary N) is 1. The summed E-state index contributed by atoms with van der Waals surface area (Å²) in [6.07, 6.45) is 7.08. The zero-order chi connectivity index (χ0) is 18.2. The van der Waals surface area contributed by atoms with Crippen LogP contribution in [0.15, 0.2) is 52.3 Å². The quantitative estimate of drug-likeness (QED) is 0.269. The van der Waals surface area contributed by atoms with E-state index in [9.17, 15) is 9.90 Å². The number of nitrogen functional groups attached to an aromatic ring is 1. The number of hydrogen-bond acceptors (Lipinski definition) is 4. The Labute approximate surface area is 152 Å². The van der Waals surface area contributed by atoms with Gasteiger partial charge < -0.3 is 15.9 Å². The lowest BCUT2D eigenvalue weighted by Crippen LogP contribution is -1.91. The van der Waals surface area contributed by atoms with Crippen LogP contribution in [0.1, 0.15) is 37.3 Å². The third kappa shape index (κ3) is 5.87. The summed E-state index contributed by atoms with van der Waals surface area (Å²) in [5, 5.41) is 18.7. The Balaban J connectivity index is 2.13. The average molecular weight is 357 g/mol. The van der Waals surface area contributed by atoms with Gasteiger partial charge in [-0.05, 0) is 48.7 Å². The zero-order valence-electron chi connectivity index (χ0n) is 14.2. The molecule has 0 radical (unpaired) electrons. The van der Waals surface area contributed by atoms with Crippen LogP contribution in [0, 0.1) is 0 Å². The number of aryl methyl sites for hydroxylation is 1. The lowest BCUT2D eigenvalue weighted by molar-refractivity contribution is -0.131. The number of phenolic OH excluding ortho intramolecular Hbond substituents is 1. The summed E-state index contributed by atoms with van der Waals surface area (Å²) in [7, 11) is 0. The first-order chi connectivity index (χ1) is 12.0. The molecule has 0 atom stereocenters. The molecule has 0 unspecified atom stereocenters. The predicted molar refractivity (Wildman–Crippen MR) is 103 cm³/mol. The van der Waals surface area contributed by atoms with E-state index in [-0.39, 0.29) is 11.4 Å². The van der Waals surface area contributed by atoms with Gasteiger partial charge in [0.15, 0.2) is 0 Å². The summed E-state index contributed by atoms with van der Waals surface area (Å²) in [4.78, 5) is 12.6. The Bertz CT molecular complexity index is 754. The molecule has 0 aromatic heterocycles. The molecule has 0 spiro atoms. The van der Waals surface area contributed by atoms with Gasteiger partial charge in [0.05, 0.1) is 5.69 Å². The van der Waals surface area contributed by atoms with E-state index in [2.05, 4.69) is 31.2 Å². The second-order valence-electron chi connectivity index (χ2n) is 5.83. The van der Waals surface area contributed by atoms with Crippen LogP contribution < -0.4 is 5.73 Å². The molecule has 4 nitrogen and oxygen atoms in total. The number of carboxylic acid groups (broad SMARTS) is 1. The minimum Gasteiger partial charge on any atom is -0.505 e. The number of rotatable bonds is 8. The molecule has 132 valence electrons. The molecule has 2 rings (SSSR count). The van der Waals surface area contributed by atoms with Crippen molar-refractivity contribution >= 4 is 29.5 Å². The molecule has 0 aliphatic heterocycles. The van der Waals surface area contributed by atoms with Crippen molar-refractivity contribution in [3.05, 3.63) is 53.6 Å². The number of anilines is 1. The molecular formula is C20H23NO3S. The molecular weight excluding hydrogens is 334 g/mol. The van der Waals surface area contributed by atoms with E-state index < -0.39 is 5.97 Å². The molecule has 5 heteroatoms. The van der Waals surface area contributed by atoms with Gasteiger partial charge in [0, 0.05) is 21.4 Å². The van der Waals surface area contributed by atoms with Crippen molar-refractivity contribution in [2.24, 2.45) is 0 Å². The minimum absolute atomic E-state index is 0.104. The molecule has 0 saturated carbocycles. The van der Waals surface area contributed by atoms with Gasteiger partial charge in [0.1, 0.15) is 5.75 Å². The van der Waals surface area contributed by atoms with Crippen molar-refractivity contribution in [3.8, 4) is 5.75 Å². The van der Waals surface area contributed by atoms with E-state index in [0.29, 0.717) is 5.56 Å². The van der Waals surface area contributed by atoms with Gasteiger partial charge in [-0.3, -0.25) is 0 Å². The summed E-state index contributed by atoms with van der Waals surface area (Å²) in [6, 6.07) is 11.8. The second kappa shape index (κ2) is 9.18. The first-order valence-corrected chi connectivity index (χ1v) is 9.11. The number of carboxylic acids is 1. The normalized spacial score (nSPS) is 11.1. The molecule has 0 heterocycles. The highest BCUT2D eigenvalue weighted by atomic mass is 32.2. The van der Waals surface area contributed by atoms with E-state index in [1.54, 1.807) is 12.1 Å². The van der Waals surface area contributed by atoms with E-state index >= 15 is 0 Å². The van der Waals surface area contributed by atoms with Gasteiger partial charge >= 0.3 is 5.97 Å². The molecule has 0 fully saturated rings. The van der Waals surface area contributed by atoms with Gasteiger partial charge in [0.2, 0.25) is 0 Å². The molecule has 0 aliphatic carbocycles. The van der Waals surface area contributed by atoms with Crippen LogP contribution in [0.25, 0.3) is 6.08 Å². The van der Waals surface area contributed by atoms with Crippen molar-refractivity contribution in [2.75, 3.05) is 5.73 Å². The maximum atomic E-state index is 10.7. The fourth-order valence-corrected chi connectivity index (χ4v) is 3.35. The van der Waals surface area contributed by atoms with Crippen LogP contribution >= 0.6 is 11.8 Å². The highest BCUT2D eigenvalue weighted by Crippen LogP contribution is 2.35. The Morgan fingerprint density at radius 1 is 1.16 bits per heavy atom. The fraction of sp³-hybridized carbons (Fsp3) is 0.250. The Morgan fingerprint density at radius 2 is 1.88 bits per heavy atom. The van der Waals surface area contributed by atoms with Crippen molar-refractivity contribution in [1.29, 1.82) is 0 Å². The highest BCUT2D eigenvalue weighted by Gasteiger charge is 2.08. The summed E-state index contributed by atoms with van der Waals surface area (Å²) in [5.41, 5.74) is 7.77. The monoisotopic (exact) mass is 357 g/mol. The van der Waals surface area contributed by atoms with Crippen molar-refractivity contribution in [1.82, 2.24) is 0 Å². The first kappa shape index (κ1) is 18.9. The average Bonchev–Trinajstić information content (AvgIpc) is 2.58.